The van der Waals surface area contributed by atoms with Crippen LogP contribution in [0.3, 0.4) is 0 Å². The third-order valence-corrected chi connectivity index (χ3v) is 6.77. The summed E-state index contributed by atoms with van der Waals surface area (Å²) in [5.41, 5.74) is 0.468. The molecule has 12 heteroatoms. The summed E-state index contributed by atoms with van der Waals surface area (Å²) in [5.74, 6) is -2.28. The summed E-state index contributed by atoms with van der Waals surface area (Å²) in [6.07, 6.45) is 0. The van der Waals surface area contributed by atoms with Gasteiger partial charge in [-0.2, -0.15) is 4.31 Å². The van der Waals surface area contributed by atoms with E-state index in [0.29, 0.717) is 11.4 Å². The van der Waals surface area contributed by atoms with Crippen LogP contribution in [0.2, 0.25) is 0 Å². The summed E-state index contributed by atoms with van der Waals surface area (Å²) in [5, 5.41) is 4.71. The fourth-order valence-corrected chi connectivity index (χ4v) is 4.72. The molecule has 32 heavy (non-hydrogen) atoms. The van der Waals surface area contributed by atoms with Crippen molar-refractivity contribution in [3.8, 4) is 5.75 Å². The maximum atomic E-state index is 13.9. The van der Waals surface area contributed by atoms with Crippen LogP contribution in [0.4, 0.5) is 19.3 Å². The van der Waals surface area contributed by atoms with Crippen molar-refractivity contribution in [2.75, 3.05) is 45.2 Å². The molecule has 1 heterocycles. The number of nitrogens with zero attached hydrogens (tertiary/aromatic N) is 2. The molecule has 0 aliphatic carbocycles. The second-order valence-corrected chi connectivity index (χ2v) is 8.84. The Morgan fingerprint density at radius 1 is 1.00 bits per heavy atom. The molecule has 1 saturated heterocycles. The Morgan fingerprint density at radius 3 is 2.16 bits per heavy atom. The largest absolute Gasteiger partial charge is 0.497 e. The molecule has 3 rings (SSSR count). The minimum atomic E-state index is -4.35. The van der Waals surface area contributed by atoms with Crippen LogP contribution >= 0.6 is 0 Å². The van der Waals surface area contributed by atoms with Gasteiger partial charge in [-0.3, -0.25) is 15.0 Å². The number of halogens is 2. The number of benzene rings is 2. The lowest BCUT2D eigenvalue weighted by molar-refractivity contribution is -0.121. The number of urea groups is 1. The highest BCUT2D eigenvalue weighted by molar-refractivity contribution is 7.89. The van der Waals surface area contributed by atoms with E-state index in [1.165, 1.54) is 7.11 Å². The van der Waals surface area contributed by atoms with E-state index in [9.17, 15) is 26.8 Å². The van der Waals surface area contributed by atoms with Crippen molar-refractivity contribution in [1.82, 2.24) is 14.5 Å². The van der Waals surface area contributed by atoms with Gasteiger partial charge in [-0.25, -0.2) is 22.0 Å². The van der Waals surface area contributed by atoms with Crippen molar-refractivity contribution < 1.29 is 31.5 Å². The summed E-state index contributed by atoms with van der Waals surface area (Å²) in [6.45, 7) is 0.0620. The Kier molecular flexibility index (Phi) is 7.38. The average molecular weight is 468 g/mol. The number of carbonyl (C=O) groups is 2. The van der Waals surface area contributed by atoms with E-state index in [-0.39, 0.29) is 32.7 Å². The summed E-state index contributed by atoms with van der Waals surface area (Å²) < 4.78 is 59.0. The molecule has 0 radical (unpaired) electrons. The highest BCUT2D eigenvalue weighted by Crippen LogP contribution is 2.23. The van der Waals surface area contributed by atoms with E-state index in [1.807, 2.05) is 0 Å². The van der Waals surface area contributed by atoms with Gasteiger partial charge in [0.25, 0.3) is 0 Å². The van der Waals surface area contributed by atoms with Crippen LogP contribution in [-0.2, 0) is 14.8 Å². The molecule has 0 bridgehead atoms. The summed E-state index contributed by atoms with van der Waals surface area (Å²) in [4.78, 5) is 24.8. The van der Waals surface area contributed by atoms with Gasteiger partial charge in [0.2, 0.25) is 15.9 Å². The van der Waals surface area contributed by atoms with Crippen molar-refractivity contribution in [2.45, 2.75) is 4.90 Å². The topological polar surface area (TPSA) is 108 Å². The number of carbonyl (C=O) groups excluding carboxylic acids is 2. The first-order valence-electron chi connectivity index (χ1n) is 9.62. The quantitative estimate of drug-likeness (QED) is 0.667. The van der Waals surface area contributed by atoms with Gasteiger partial charge in [-0.05, 0) is 36.4 Å². The third kappa shape index (κ3) is 5.58. The van der Waals surface area contributed by atoms with Gasteiger partial charge in [-0.15, -0.1) is 0 Å². The SMILES string of the molecule is COc1ccc(NC(=O)NC(=O)CN2CCN(S(=O)(=O)c3c(F)cccc3F)CC2)cc1. The molecule has 0 aromatic heterocycles. The number of nitrogens with one attached hydrogen (secondary N) is 2. The molecule has 2 N–H and O–H groups in total. The second-order valence-electron chi connectivity index (χ2n) is 6.96. The fourth-order valence-electron chi connectivity index (χ4n) is 3.19. The van der Waals surface area contributed by atoms with E-state index < -0.39 is 38.5 Å². The van der Waals surface area contributed by atoms with Crippen LogP contribution in [0.15, 0.2) is 47.4 Å². The minimum absolute atomic E-state index is 0.0541. The molecule has 172 valence electrons. The minimum Gasteiger partial charge on any atom is -0.497 e. The predicted octanol–water partition coefficient (Wildman–Crippen LogP) is 1.63. The highest BCUT2D eigenvalue weighted by Gasteiger charge is 2.33. The summed E-state index contributed by atoms with van der Waals surface area (Å²) in [7, 11) is -2.84. The van der Waals surface area contributed by atoms with E-state index in [2.05, 4.69) is 10.6 Å². The number of amides is 3. The van der Waals surface area contributed by atoms with Gasteiger partial charge in [-0.1, -0.05) is 6.07 Å². The molecule has 2 aromatic carbocycles. The fraction of sp³-hybridized carbons (Fsp3) is 0.300. The van der Waals surface area contributed by atoms with Gasteiger partial charge in [0.1, 0.15) is 17.4 Å². The van der Waals surface area contributed by atoms with Crippen LogP contribution in [-0.4, -0.2) is 69.4 Å². The molecule has 1 fully saturated rings. The van der Waals surface area contributed by atoms with E-state index in [4.69, 9.17) is 4.74 Å². The zero-order valence-electron chi connectivity index (χ0n) is 17.2. The Hall–Kier alpha value is -3.09. The van der Waals surface area contributed by atoms with Crippen LogP contribution in [0.5, 0.6) is 5.75 Å². The number of methoxy groups -OCH3 is 1. The van der Waals surface area contributed by atoms with Crippen LogP contribution in [0.1, 0.15) is 0 Å². The lowest BCUT2D eigenvalue weighted by atomic mass is 10.3. The van der Waals surface area contributed by atoms with Crippen LogP contribution in [0, 0.1) is 11.6 Å². The summed E-state index contributed by atoms with van der Waals surface area (Å²) >= 11 is 0. The van der Waals surface area contributed by atoms with Gasteiger partial charge < -0.3 is 10.1 Å². The number of hydrogen-bond acceptors (Lipinski definition) is 6. The highest BCUT2D eigenvalue weighted by atomic mass is 32.2. The lowest BCUT2D eigenvalue weighted by Gasteiger charge is -2.33. The van der Waals surface area contributed by atoms with E-state index >= 15 is 0 Å². The van der Waals surface area contributed by atoms with Crippen molar-refractivity contribution in [3.05, 3.63) is 54.1 Å². The molecule has 0 atom stereocenters. The van der Waals surface area contributed by atoms with E-state index in [0.717, 1.165) is 22.5 Å². The third-order valence-electron chi connectivity index (χ3n) is 4.82. The molecule has 1 aliphatic rings. The monoisotopic (exact) mass is 468 g/mol. The zero-order valence-corrected chi connectivity index (χ0v) is 18.0. The first kappa shape index (κ1) is 23.6. The molecule has 1 aliphatic heterocycles. The Labute approximate surface area is 184 Å². The van der Waals surface area contributed by atoms with Crippen LogP contribution < -0.4 is 15.4 Å². The second kappa shape index (κ2) is 10.0. The van der Waals surface area contributed by atoms with Crippen molar-refractivity contribution in [3.63, 3.8) is 0 Å². The van der Waals surface area contributed by atoms with Gasteiger partial charge in [0.15, 0.2) is 4.90 Å². The average Bonchev–Trinajstić information content (AvgIpc) is 2.74. The smallest absolute Gasteiger partial charge is 0.325 e. The first-order valence-corrected chi connectivity index (χ1v) is 11.1. The summed E-state index contributed by atoms with van der Waals surface area (Å²) in [6, 6.07) is 8.67. The van der Waals surface area contributed by atoms with Crippen molar-refractivity contribution in [2.24, 2.45) is 0 Å². The molecule has 2 aromatic rings. The Morgan fingerprint density at radius 2 is 1.59 bits per heavy atom. The number of rotatable bonds is 6. The molecule has 3 amide bonds. The predicted molar refractivity (Wildman–Crippen MR) is 112 cm³/mol. The van der Waals surface area contributed by atoms with Crippen LogP contribution in [0.25, 0.3) is 0 Å². The van der Waals surface area contributed by atoms with Gasteiger partial charge in [0.05, 0.1) is 13.7 Å². The van der Waals surface area contributed by atoms with Gasteiger partial charge in [0, 0.05) is 31.9 Å². The van der Waals surface area contributed by atoms with E-state index in [1.54, 1.807) is 29.2 Å². The number of ether oxygens (including phenoxy) is 1. The van der Waals surface area contributed by atoms with Gasteiger partial charge >= 0.3 is 6.03 Å². The normalized spacial score (nSPS) is 15.2. The number of sulfonamides is 1. The molecule has 0 spiro atoms. The first-order chi connectivity index (χ1) is 15.2. The maximum Gasteiger partial charge on any atom is 0.325 e. The Balaban J connectivity index is 1.50. The van der Waals surface area contributed by atoms with Crippen molar-refractivity contribution in [1.29, 1.82) is 0 Å². The maximum absolute atomic E-state index is 13.9. The zero-order chi connectivity index (χ0) is 23.3. The number of imide groups is 1. The van der Waals surface area contributed by atoms with Crippen molar-refractivity contribution >= 4 is 27.6 Å². The molecule has 9 nitrogen and oxygen atoms in total. The molecule has 0 saturated carbocycles. The molecular formula is C20H22F2N4O5S. The standard InChI is InChI=1S/C20H22F2N4O5S/c1-31-15-7-5-14(6-8-15)23-20(28)24-18(27)13-25-9-11-26(12-10-25)32(29,30)19-16(21)3-2-4-17(19)22/h2-8H,9-13H2,1H3,(H2,23,24,27,28). The number of anilines is 1. The molecule has 0 unspecified atom stereocenters. The number of piperazine rings is 1. The Bertz CT molecular complexity index is 1070. The lowest BCUT2D eigenvalue weighted by Crippen LogP contribution is -2.51. The molecular weight excluding hydrogens is 446 g/mol. The number of hydrogen-bond donors (Lipinski definition) is 2.